The van der Waals surface area contributed by atoms with Crippen molar-refractivity contribution < 1.29 is 14.4 Å². The topological polar surface area (TPSA) is 92.5 Å². The number of hydrogen-bond acceptors (Lipinski definition) is 3. The van der Waals surface area contributed by atoms with Crippen molar-refractivity contribution in [1.29, 1.82) is 0 Å². The van der Waals surface area contributed by atoms with Crippen LogP contribution >= 0.6 is 0 Å². The van der Waals surface area contributed by atoms with Gasteiger partial charge in [-0.3, -0.25) is 14.4 Å². The number of carbonyl (C=O) groups excluding carboxylic acids is 3. The van der Waals surface area contributed by atoms with Crippen LogP contribution in [0.25, 0.3) is 0 Å². The van der Waals surface area contributed by atoms with Crippen molar-refractivity contribution in [3.05, 3.63) is 60.2 Å². The lowest BCUT2D eigenvalue weighted by molar-refractivity contribution is -0.134. The molecule has 0 fully saturated rings. The number of nitrogens with two attached hydrogens (primary N) is 1. The molecule has 2 aromatic carbocycles. The van der Waals surface area contributed by atoms with Crippen LogP contribution in [0.5, 0.6) is 0 Å². The molecule has 6 nitrogen and oxygen atoms in total. The Kier molecular flexibility index (Phi) is 5.09. The van der Waals surface area contributed by atoms with E-state index in [9.17, 15) is 14.4 Å². The highest BCUT2D eigenvalue weighted by Gasteiger charge is 2.22. The third kappa shape index (κ3) is 3.94. The number of primary amides is 1. The van der Waals surface area contributed by atoms with Gasteiger partial charge in [-0.1, -0.05) is 18.2 Å². The van der Waals surface area contributed by atoms with E-state index in [1.807, 2.05) is 6.07 Å². The van der Waals surface area contributed by atoms with Crippen molar-refractivity contribution in [2.24, 2.45) is 5.73 Å². The van der Waals surface area contributed by atoms with Crippen molar-refractivity contribution in [3.8, 4) is 0 Å². The fourth-order valence-corrected chi connectivity index (χ4v) is 2.08. The van der Waals surface area contributed by atoms with Crippen LogP contribution < -0.4 is 16.0 Å². The molecule has 6 heteroatoms. The lowest BCUT2D eigenvalue weighted by atomic mass is 10.2. The number of likely N-dealkylation sites (N-methyl/N-ethyl adjacent to an activating group) is 1. The van der Waals surface area contributed by atoms with Crippen LogP contribution in [0, 0.1) is 0 Å². The lowest BCUT2D eigenvalue weighted by Crippen LogP contribution is -2.39. The van der Waals surface area contributed by atoms with Gasteiger partial charge >= 0.3 is 11.8 Å². The van der Waals surface area contributed by atoms with Gasteiger partial charge in [-0.2, -0.15) is 0 Å². The summed E-state index contributed by atoms with van der Waals surface area (Å²) in [6.45, 7) is 2.16. The number of rotatable bonds is 4. The molecular formula is C17H17N3O3. The van der Waals surface area contributed by atoms with E-state index in [0.717, 1.165) is 0 Å². The van der Waals surface area contributed by atoms with Crippen molar-refractivity contribution in [2.45, 2.75) is 6.92 Å². The fraction of sp³-hybridized carbons (Fsp3) is 0.118. The number of carbonyl (C=O) groups is 3. The van der Waals surface area contributed by atoms with Crippen molar-refractivity contribution in [2.75, 3.05) is 16.8 Å². The first-order chi connectivity index (χ1) is 11.0. The van der Waals surface area contributed by atoms with Gasteiger partial charge in [0, 0.05) is 23.5 Å². The summed E-state index contributed by atoms with van der Waals surface area (Å²) in [7, 11) is 0. The summed E-state index contributed by atoms with van der Waals surface area (Å²) in [5.41, 5.74) is 6.54. The zero-order valence-electron chi connectivity index (χ0n) is 12.7. The number of amides is 3. The minimum Gasteiger partial charge on any atom is -0.366 e. The van der Waals surface area contributed by atoms with Gasteiger partial charge in [-0.25, -0.2) is 0 Å². The number of benzene rings is 2. The highest BCUT2D eigenvalue weighted by Crippen LogP contribution is 2.14. The van der Waals surface area contributed by atoms with Gasteiger partial charge < -0.3 is 16.0 Å². The number of nitrogens with zero attached hydrogens (tertiary/aromatic N) is 1. The number of anilines is 2. The smallest absolute Gasteiger partial charge is 0.316 e. The lowest BCUT2D eigenvalue weighted by Gasteiger charge is -2.20. The van der Waals surface area contributed by atoms with E-state index < -0.39 is 17.7 Å². The summed E-state index contributed by atoms with van der Waals surface area (Å²) in [4.78, 5) is 36.8. The average Bonchev–Trinajstić information content (AvgIpc) is 2.57. The van der Waals surface area contributed by atoms with Gasteiger partial charge in [-0.05, 0) is 43.3 Å². The Morgan fingerprint density at radius 1 is 1.00 bits per heavy atom. The monoisotopic (exact) mass is 311 g/mol. The Morgan fingerprint density at radius 3 is 2.13 bits per heavy atom. The summed E-state index contributed by atoms with van der Waals surface area (Å²) in [5, 5.41) is 2.51. The average molecular weight is 311 g/mol. The second-order valence-electron chi connectivity index (χ2n) is 4.78. The summed E-state index contributed by atoms with van der Waals surface area (Å²) < 4.78 is 0. The van der Waals surface area contributed by atoms with E-state index in [1.165, 1.54) is 29.2 Å². The third-order valence-electron chi connectivity index (χ3n) is 3.25. The molecule has 3 amide bonds. The maximum Gasteiger partial charge on any atom is 0.316 e. The van der Waals surface area contributed by atoms with Crippen LogP contribution in [-0.2, 0) is 9.59 Å². The molecule has 0 aromatic heterocycles. The summed E-state index contributed by atoms with van der Waals surface area (Å²) in [6.07, 6.45) is 0. The molecule has 118 valence electrons. The summed E-state index contributed by atoms with van der Waals surface area (Å²) in [5.74, 6) is -1.96. The Balaban J connectivity index is 2.10. The molecular weight excluding hydrogens is 294 g/mol. The Hall–Kier alpha value is -3.15. The quantitative estimate of drug-likeness (QED) is 0.843. The zero-order valence-corrected chi connectivity index (χ0v) is 12.7. The molecule has 0 aliphatic heterocycles. The highest BCUT2D eigenvalue weighted by atomic mass is 16.2. The zero-order chi connectivity index (χ0) is 16.8. The predicted molar refractivity (Wildman–Crippen MR) is 88.1 cm³/mol. The Bertz CT molecular complexity index is 712. The SMILES string of the molecule is CCN(C(=O)C(=O)Nc1ccc(C(N)=O)cc1)c1ccccc1. The number of nitrogens with one attached hydrogen (secondary N) is 1. The predicted octanol–water partition coefficient (Wildman–Crippen LogP) is 1.78. The fourth-order valence-electron chi connectivity index (χ4n) is 2.08. The molecule has 0 saturated carbocycles. The molecule has 0 aliphatic rings. The summed E-state index contributed by atoms with van der Waals surface area (Å²) >= 11 is 0. The normalized spacial score (nSPS) is 9.96. The molecule has 2 rings (SSSR count). The van der Waals surface area contributed by atoms with Gasteiger partial charge in [0.25, 0.3) is 0 Å². The first-order valence-electron chi connectivity index (χ1n) is 7.10. The Labute approximate surface area is 133 Å². The Morgan fingerprint density at radius 2 is 1.61 bits per heavy atom. The molecule has 0 saturated heterocycles. The van der Waals surface area contributed by atoms with E-state index in [2.05, 4.69) is 5.32 Å². The van der Waals surface area contributed by atoms with Crippen molar-refractivity contribution in [3.63, 3.8) is 0 Å². The highest BCUT2D eigenvalue weighted by molar-refractivity contribution is 6.44. The second-order valence-corrected chi connectivity index (χ2v) is 4.78. The summed E-state index contributed by atoms with van der Waals surface area (Å²) in [6, 6.07) is 15.0. The van der Waals surface area contributed by atoms with E-state index >= 15 is 0 Å². The molecule has 2 aromatic rings. The van der Waals surface area contributed by atoms with Crippen LogP contribution in [0.1, 0.15) is 17.3 Å². The minimum atomic E-state index is -0.748. The van der Waals surface area contributed by atoms with E-state index in [0.29, 0.717) is 23.5 Å². The molecule has 0 unspecified atom stereocenters. The molecule has 3 N–H and O–H groups in total. The van der Waals surface area contributed by atoms with Crippen LogP contribution in [0.2, 0.25) is 0 Å². The van der Waals surface area contributed by atoms with E-state index in [4.69, 9.17) is 5.73 Å². The maximum absolute atomic E-state index is 12.3. The standard InChI is InChI=1S/C17H17N3O3/c1-2-20(14-6-4-3-5-7-14)17(23)16(22)19-13-10-8-12(9-11-13)15(18)21/h3-11H,2H2,1H3,(H2,18,21)(H,19,22). The van der Waals surface area contributed by atoms with E-state index in [-0.39, 0.29) is 0 Å². The van der Waals surface area contributed by atoms with Crippen LogP contribution in [0.15, 0.2) is 54.6 Å². The molecule has 0 spiro atoms. The molecule has 0 heterocycles. The first-order valence-corrected chi connectivity index (χ1v) is 7.10. The minimum absolute atomic E-state index is 0.328. The van der Waals surface area contributed by atoms with Crippen molar-refractivity contribution in [1.82, 2.24) is 0 Å². The molecule has 23 heavy (non-hydrogen) atoms. The first kappa shape index (κ1) is 16.2. The maximum atomic E-state index is 12.3. The van der Waals surface area contributed by atoms with Gasteiger partial charge in [0.1, 0.15) is 0 Å². The van der Waals surface area contributed by atoms with Gasteiger partial charge in [0.15, 0.2) is 0 Å². The second kappa shape index (κ2) is 7.22. The van der Waals surface area contributed by atoms with Gasteiger partial charge in [0.2, 0.25) is 5.91 Å². The van der Waals surface area contributed by atoms with Gasteiger partial charge in [-0.15, -0.1) is 0 Å². The molecule has 0 radical (unpaired) electrons. The third-order valence-corrected chi connectivity index (χ3v) is 3.25. The van der Waals surface area contributed by atoms with Gasteiger partial charge in [0.05, 0.1) is 0 Å². The van der Waals surface area contributed by atoms with Crippen LogP contribution in [0.3, 0.4) is 0 Å². The number of hydrogen-bond donors (Lipinski definition) is 2. The van der Waals surface area contributed by atoms with Crippen molar-refractivity contribution >= 4 is 29.1 Å². The van der Waals surface area contributed by atoms with E-state index in [1.54, 1.807) is 31.2 Å². The molecule has 0 atom stereocenters. The van der Waals surface area contributed by atoms with Crippen LogP contribution in [-0.4, -0.2) is 24.3 Å². The molecule has 0 aliphatic carbocycles. The van der Waals surface area contributed by atoms with Crippen LogP contribution in [0.4, 0.5) is 11.4 Å². The largest absolute Gasteiger partial charge is 0.366 e. The molecule has 0 bridgehead atoms. The number of para-hydroxylation sites is 1.